The standard InChI is InChI=1S/C14H9F3N2O2/c1-8(20)4-9-2-3-12-11(5-9)10(6-18)7-19(12)13(21)14(15,16)17/h2-3,5,7H,4H2,1H3. The Kier molecular flexibility index (Phi) is 3.56. The van der Waals surface area contributed by atoms with Crippen LogP contribution in [0.15, 0.2) is 24.4 Å². The number of aromatic nitrogens is 1. The van der Waals surface area contributed by atoms with Crippen LogP contribution in [-0.2, 0) is 11.2 Å². The molecular formula is C14H9F3N2O2. The topological polar surface area (TPSA) is 62.9 Å². The van der Waals surface area contributed by atoms with Gasteiger partial charge in [-0.2, -0.15) is 18.4 Å². The first-order valence-corrected chi connectivity index (χ1v) is 5.89. The fourth-order valence-electron chi connectivity index (χ4n) is 2.07. The molecule has 4 nitrogen and oxygen atoms in total. The number of alkyl halides is 3. The van der Waals surface area contributed by atoms with Crippen molar-refractivity contribution >= 4 is 22.6 Å². The molecule has 1 aromatic carbocycles. The van der Waals surface area contributed by atoms with Gasteiger partial charge in [0.15, 0.2) is 0 Å². The lowest BCUT2D eigenvalue weighted by atomic mass is 10.1. The Labute approximate surface area is 117 Å². The number of hydrogen-bond donors (Lipinski definition) is 0. The van der Waals surface area contributed by atoms with E-state index in [0.717, 1.165) is 6.20 Å². The van der Waals surface area contributed by atoms with E-state index in [9.17, 15) is 22.8 Å². The summed E-state index contributed by atoms with van der Waals surface area (Å²) in [6.45, 7) is 1.38. The Morgan fingerprint density at radius 2 is 2.00 bits per heavy atom. The van der Waals surface area contributed by atoms with Gasteiger partial charge in [-0.05, 0) is 24.6 Å². The number of ketones is 1. The molecule has 108 valence electrons. The average Bonchev–Trinajstić information content (AvgIpc) is 2.73. The lowest BCUT2D eigenvalue weighted by Crippen LogP contribution is -2.28. The van der Waals surface area contributed by atoms with Crippen LogP contribution in [0.1, 0.15) is 22.8 Å². The van der Waals surface area contributed by atoms with Gasteiger partial charge in [-0.15, -0.1) is 0 Å². The fourth-order valence-corrected chi connectivity index (χ4v) is 2.07. The zero-order valence-electron chi connectivity index (χ0n) is 10.9. The largest absolute Gasteiger partial charge is 0.472 e. The zero-order valence-corrected chi connectivity index (χ0v) is 10.9. The summed E-state index contributed by atoms with van der Waals surface area (Å²) in [6.07, 6.45) is -4.06. The molecule has 0 unspecified atom stereocenters. The minimum atomic E-state index is -5.03. The highest BCUT2D eigenvalue weighted by Gasteiger charge is 2.40. The number of rotatable bonds is 2. The first-order chi connectivity index (χ1) is 9.74. The minimum Gasteiger partial charge on any atom is -0.300 e. The second kappa shape index (κ2) is 5.05. The van der Waals surface area contributed by atoms with Gasteiger partial charge in [-0.3, -0.25) is 14.2 Å². The van der Waals surface area contributed by atoms with Gasteiger partial charge in [0.1, 0.15) is 11.9 Å². The number of hydrogen-bond acceptors (Lipinski definition) is 3. The van der Waals surface area contributed by atoms with Crippen molar-refractivity contribution in [3.63, 3.8) is 0 Å². The van der Waals surface area contributed by atoms with Gasteiger partial charge < -0.3 is 0 Å². The molecular weight excluding hydrogens is 285 g/mol. The van der Waals surface area contributed by atoms with Gasteiger partial charge in [0.25, 0.3) is 0 Å². The van der Waals surface area contributed by atoms with Crippen molar-refractivity contribution in [2.75, 3.05) is 0 Å². The molecule has 0 aliphatic rings. The van der Waals surface area contributed by atoms with Gasteiger partial charge in [0, 0.05) is 18.0 Å². The SMILES string of the molecule is CC(=O)Cc1ccc2c(c1)c(C#N)cn2C(=O)C(F)(F)F. The highest BCUT2D eigenvalue weighted by molar-refractivity contribution is 5.98. The fraction of sp³-hybridized carbons (Fsp3) is 0.214. The zero-order chi connectivity index (χ0) is 15.8. The summed E-state index contributed by atoms with van der Waals surface area (Å²) < 4.78 is 38.0. The molecule has 0 N–H and O–H groups in total. The molecule has 0 fully saturated rings. The molecule has 2 rings (SSSR count). The quantitative estimate of drug-likeness (QED) is 0.855. The van der Waals surface area contributed by atoms with Crippen LogP contribution in [-0.4, -0.2) is 22.4 Å². The predicted octanol–water partition coefficient (Wildman–Crippen LogP) is 2.85. The third-order valence-electron chi connectivity index (χ3n) is 2.90. The smallest absolute Gasteiger partial charge is 0.300 e. The number of nitriles is 1. The average molecular weight is 294 g/mol. The summed E-state index contributed by atoms with van der Waals surface area (Å²) in [5.74, 6) is -2.17. The molecule has 1 heterocycles. The Morgan fingerprint density at radius 3 is 2.52 bits per heavy atom. The van der Waals surface area contributed by atoms with E-state index >= 15 is 0 Å². The number of nitrogens with zero attached hydrogens (tertiary/aromatic N) is 2. The number of halogens is 3. The van der Waals surface area contributed by atoms with Crippen LogP contribution in [0.3, 0.4) is 0 Å². The molecule has 21 heavy (non-hydrogen) atoms. The normalized spacial score (nSPS) is 11.4. The summed E-state index contributed by atoms with van der Waals surface area (Å²) in [5.41, 5.74) is 0.512. The summed E-state index contributed by atoms with van der Waals surface area (Å²) in [7, 11) is 0. The molecule has 0 atom stereocenters. The molecule has 0 spiro atoms. The van der Waals surface area contributed by atoms with E-state index in [2.05, 4.69) is 0 Å². The van der Waals surface area contributed by atoms with Gasteiger partial charge in [-0.1, -0.05) is 6.07 Å². The van der Waals surface area contributed by atoms with Crippen LogP contribution in [0.4, 0.5) is 13.2 Å². The van der Waals surface area contributed by atoms with Crippen LogP contribution >= 0.6 is 0 Å². The van der Waals surface area contributed by atoms with Crippen LogP contribution < -0.4 is 0 Å². The van der Waals surface area contributed by atoms with Crippen molar-refractivity contribution in [3.05, 3.63) is 35.5 Å². The number of Topliss-reactive ketones (excluding diaryl/α,β-unsaturated/α-hetero) is 1. The van der Waals surface area contributed by atoms with E-state index in [1.54, 1.807) is 6.07 Å². The van der Waals surface area contributed by atoms with Crippen LogP contribution in [0.25, 0.3) is 10.9 Å². The Hall–Kier alpha value is -2.62. The molecule has 2 aromatic rings. The number of carbonyl (C=O) groups excluding carboxylic acids is 2. The summed E-state index contributed by atoms with van der Waals surface area (Å²) in [6, 6.07) is 5.97. The second-order valence-electron chi connectivity index (χ2n) is 4.56. The lowest BCUT2D eigenvalue weighted by Gasteiger charge is -2.07. The predicted molar refractivity (Wildman–Crippen MR) is 67.7 cm³/mol. The van der Waals surface area contributed by atoms with Gasteiger partial charge in [0.05, 0.1) is 11.1 Å². The molecule has 0 aliphatic heterocycles. The number of fused-ring (bicyclic) bond motifs is 1. The Bertz CT molecular complexity index is 782. The van der Waals surface area contributed by atoms with Gasteiger partial charge in [-0.25, -0.2) is 0 Å². The third-order valence-corrected chi connectivity index (χ3v) is 2.90. The van der Waals surface area contributed by atoms with Gasteiger partial charge >= 0.3 is 12.1 Å². The van der Waals surface area contributed by atoms with Crippen molar-refractivity contribution < 1.29 is 22.8 Å². The maximum absolute atomic E-state index is 12.5. The lowest BCUT2D eigenvalue weighted by molar-refractivity contribution is -0.116. The minimum absolute atomic E-state index is 0.0128. The number of benzene rings is 1. The van der Waals surface area contributed by atoms with Crippen molar-refractivity contribution in [1.29, 1.82) is 5.26 Å². The summed E-state index contributed by atoms with van der Waals surface area (Å²) in [5, 5.41) is 9.20. The van der Waals surface area contributed by atoms with Crippen molar-refractivity contribution in [3.8, 4) is 6.07 Å². The molecule has 0 saturated carbocycles. The molecule has 7 heteroatoms. The van der Waals surface area contributed by atoms with Crippen molar-refractivity contribution in [2.24, 2.45) is 0 Å². The number of carbonyl (C=O) groups is 2. The van der Waals surface area contributed by atoms with E-state index in [0.29, 0.717) is 10.1 Å². The third kappa shape index (κ3) is 2.79. The summed E-state index contributed by atoms with van der Waals surface area (Å²) in [4.78, 5) is 22.4. The van der Waals surface area contributed by atoms with E-state index in [1.165, 1.54) is 25.1 Å². The van der Waals surface area contributed by atoms with E-state index in [4.69, 9.17) is 5.26 Å². The highest BCUT2D eigenvalue weighted by atomic mass is 19.4. The van der Waals surface area contributed by atoms with E-state index < -0.39 is 12.1 Å². The first kappa shape index (κ1) is 14.8. The highest BCUT2D eigenvalue weighted by Crippen LogP contribution is 2.26. The molecule has 0 aliphatic carbocycles. The van der Waals surface area contributed by atoms with Crippen molar-refractivity contribution in [2.45, 2.75) is 19.5 Å². The first-order valence-electron chi connectivity index (χ1n) is 5.89. The molecule has 0 radical (unpaired) electrons. The Balaban J connectivity index is 2.64. The maximum Gasteiger partial charge on any atom is 0.472 e. The molecule has 1 aromatic heterocycles. The second-order valence-corrected chi connectivity index (χ2v) is 4.56. The molecule has 0 saturated heterocycles. The monoisotopic (exact) mass is 294 g/mol. The maximum atomic E-state index is 12.5. The Morgan fingerprint density at radius 1 is 1.33 bits per heavy atom. The van der Waals surface area contributed by atoms with Crippen LogP contribution in [0.5, 0.6) is 0 Å². The van der Waals surface area contributed by atoms with E-state index in [-0.39, 0.29) is 28.7 Å². The summed E-state index contributed by atoms with van der Waals surface area (Å²) >= 11 is 0. The van der Waals surface area contributed by atoms with Crippen LogP contribution in [0.2, 0.25) is 0 Å². The molecule has 0 bridgehead atoms. The van der Waals surface area contributed by atoms with E-state index in [1.807, 2.05) is 0 Å². The van der Waals surface area contributed by atoms with Gasteiger partial charge in [0.2, 0.25) is 0 Å². The van der Waals surface area contributed by atoms with Crippen molar-refractivity contribution in [1.82, 2.24) is 4.57 Å². The molecule has 0 amide bonds. The van der Waals surface area contributed by atoms with Crippen LogP contribution in [0, 0.1) is 11.3 Å².